The predicted octanol–water partition coefficient (Wildman–Crippen LogP) is 3.72. The minimum Gasteiger partial charge on any atom is -0.379 e. The summed E-state index contributed by atoms with van der Waals surface area (Å²) >= 11 is 6.03. The van der Waals surface area contributed by atoms with Crippen molar-refractivity contribution in [1.29, 1.82) is 0 Å². The Morgan fingerprint density at radius 3 is 2.22 bits per heavy atom. The van der Waals surface area contributed by atoms with E-state index >= 15 is 0 Å². The lowest BCUT2D eigenvalue weighted by atomic mass is 10.1. The second-order valence-corrected chi connectivity index (χ2v) is 12.1. The van der Waals surface area contributed by atoms with E-state index in [1.165, 1.54) is 40.7 Å². The molecule has 0 radical (unpaired) electrons. The fourth-order valence-corrected chi connectivity index (χ4v) is 6.36. The van der Waals surface area contributed by atoms with E-state index < -0.39 is 26.0 Å². The number of halogens is 1. The summed E-state index contributed by atoms with van der Waals surface area (Å²) in [5.41, 5.74) is 1.38. The molecule has 2 N–H and O–H groups in total. The maximum Gasteiger partial charge on any atom is 0.261 e. The van der Waals surface area contributed by atoms with E-state index in [4.69, 9.17) is 16.3 Å². The number of hydrogen-bond donors (Lipinski definition) is 2. The molecule has 1 heterocycles. The van der Waals surface area contributed by atoms with Crippen LogP contribution in [0, 0.1) is 6.92 Å². The van der Waals surface area contributed by atoms with Crippen LogP contribution in [0.1, 0.15) is 15.9 Å². The molecular formula is C24H24ClN3O6S2. The number of aryl methyl sites for hydroxylation is 1. The predicted molar refractivity (Wildman–Crippen MR) is 137 cm³/mol. The number of sulfonamides is 2. The van der Waals surface area contributed by atoms with Crippen LogP contribution in [0.5, 0.6) is 0 Å². The number of para-hydroxylation sites is 1. The Kier molecular flexibility index (Phi) is 7.67. The van der Waals surface area contributed by atoms with Gasteiger partial charge in [0.25, 0.3) is 15.9 Å². The van der Waals surface area contributed by atoms with Gasteiger partial charge >= 0.3 is 0 Å². The number of rotatable bonds is 7. The highest BCUT2D eigenvalue weighted by molar-refractivity contribution is 7.92. The van der Waals surface area contributed by atoms with Gasteiger partial charge in [-0.2, -0.15) is 4.31 Å². The third kappa shape index (κ3) is 5.71. The first-order valence-electron chi connectivity index (χ1n) is 11.0. The van der Waals surface area contributed by atoms with Crippen molar-refractivity contribution in [3.05, 3.63) is 82.9 Å². The highest BCUT2D eigenvalue weighted by Crippen LogP contribution is 2.25. The molecule has 1 saturated heterocycles. The fraction of sp³-hybridized carbons (Fsp3) is 0.208. The highest BCUT2D eigenvalue weighted by atomic mass is 35.5. The van der Waals surface area contributed by atoms with Gasteiger partial charge in [0.15, 0.2) is 0 Å². The fourth-order valence-electron chi connectivity index (χ4n) is 3.61. The Hall–Kier alpha value is -2.96. The lowest BCUT2D eigenvalue weighted by Crippen LogP contribution is -2.40. The number of benzene rings is 3. The number of carbonyl (C=O) groups is 1. The van der Waals surface area contributed by atoms with E-state index in [1.807, 2.05) is 0 Å². The summed E-state index contributed by atoms with van der Waals surface area (Å²) in [6, 6.07) is 16.5. The van der Waals surface area contributed by atoms with Crippen LogP contribution in [0.2, 0.25) is 5.02 Å². The van der Waals surface area contributed by atoms with Gasteiger partial charge in [-0.15, -0.1) is 0 Å². The van der Waals surface area contributed by atoms with E-state index in [1.54, 1.807) is 37.3 Å². The number of ether oxygens (including phenoxy) is 1. The maximum absolute atomic E-state index is 13.0. The number of morpholine rings is 1. The average molecular weight is 550 g/mol. The third-order valence-electron chi connectivity index (χ3n) is 5.60. The Bertz CT molecular complexity index is 1490. The number of nitrogens with one attached hydrogen (secondary N) is 2. The lowest BCUT2D eigenvalue weighted by molar-refractivity contribution is 0.0730. The number of amides is 1. The molecule has 0 aromatic heterocycles. The summed E-state index contributed by atoms with van der Waals surface area (Å²) in [5.74, 6) is -0.517. The molecule has 9 nitrogen and oxygen atoms in total. The van der Waals surface area contributed by atoms with Gasteiger partial charge in [0.1, 0.15) is 0 Å². The van der Waals surface area contributed by atoms with Crippen LogP contribution in [-0.2, 0) is 24.8 Å². The van der Waals surface area contributed by atoms with Gasteiger partial charge in [0, 0.05) is 24.3 Å². The van der Waals surface area contributed by atoms with E-state index in [0.29, 0.717) is 24.5 Å². The molecule has 3 aromatic rings. The smallest absolute Gasteiger partial charge is 0.261 e. The monoisotopic (exact) mass is 549 g/mol. The van der Waals surface area contributed by atoms with E-state index in [2.05, 4.69) is 10.0 Å². The topological polar surface area (TPSA) is 122 Å². The molecule has 0 atom stereocenters. The van der Waals surface area contributed by atoms with E-state index in [9.17, 15) is 21.6 Å². The van der Waals surface area contributed by atoms with Gasteiger partial charge in [0.2, 0.25) is 10.0 Å². The van der Waals surface area contributed by atoms with Crippen molar-refractivity contribution in [2.75, 3.05) is 36.3 Å². The molecule has 4 rings (SSSR count). The minimum atomic E-state index is -3.90. The molecule has 0 spiro atoms. The SMILES string of the molecule is Cc1ccc(S(=O)(=O)N2CCOCC2)cc1C(=O)Nc1ccc(S(=O)(=O)Nc2ccccc2Cl)cc1. The van der Waals surface area contributed by atoms with Crippen LogP contribution >= 0.6 is 11.6 Å². The second kappa shape index (κ2) is 10.6. The third-order valence-corrected chi connectivity index (χ3v) is 9.21. The normalized spacial score (nSPS) is 14.8. The van der Waals surface area contributed by atoms with Crippen molar-refractivity contribution in [2.45, 2.75) is 16.7 Å². The van der Waals surface area contributed by atoms with Gasteiger partial charge in [0.05, 0.1) is 33.7 Å². The summed E-state index contributed by atoms with van der Waals surface area (Å²) in [6.07, 6.45) is 0. The molecule has 1 aliphatic rings. The molecule has 0 unspecified atom stereocenters. The molecular weight excluding hydrogens is 526 g/mol. The molecule has 1 amide bonds. The molecule has 0 saturated carbocycles. The zero-order valence-corrected chi connectivity index (χ0v) is 21.7. The summed E-state index contributed by atoms with van der Waals surface area (Å²) in [6.45, 7) is 2.84. The first kappa shape index (κ1) is 26.1. The summed E-state index contributed by atoms with van der Waals surface area (Å²) in [5, 5.41) is 2.95. The number of anilines is 2. The second-order valence-electron chi connectivity index (χ2n) is 8.06. The average Bonchev–Trinajstić information content (AvgIpc) is 2.86. The van der Waals surface area contributed by atoms with E-state index in [0.717, 1.165) is 0 Å². The molecule has 36 heavy (non-hydrogen) atoms. The van der Waals surface area contributed by atoms with Crippen LogP contribution in [-0.4, -0.2) is 53.4 Å². The lowest BCUT2D eigenvalue weighted by Gasteiger charge is -2.26. The number of hydrogen-bond acceptors (Lipinski definition) is 6. The van der Waals surface area contributed by atoms with Crippen molar-refractivity contribution in [3.63, 3.8) is 0 Å². The van der Waals surface area contributed by atoms with Crippen LogP contribution in [0.3, 0.4) is 0 Å². The van der Waals surface area contributed by atoms with Crippen LogP contribution in [0.25, 0.3) is 0 Å². The van der Waals surface area contributed by atoms with Gasteiger partial charge in [-0.05, 0) is 61.0 Å². The Morgan fingerprint density at radius 2 is 1.56 bits per heavy atom. The zero-order chi connectivity index (χ0) is 25.9. The van der Waals surface area contributed by atoms with Crippen molar-refractivity contribution < 1.29 is 26.4 Å². The minimum absolute atomic E-state index is 0.0183. The maximum atomic E-state index is 13.0. The molecule has 12 heteroatoms. The first-order valence-corrected chi connectivity index (χ1v) is 14.3. The Morgan fingerprint density at radius 1 is 0.917 bits per heavy atom. The van der Waals surface area contributed by atoms with E-state index in [-0.39, 0.29) is 39.2 Å². The van der Waals surface area contributed by atoms with Crippen LogP contribution in [0.15, 0.2) is 76.5 Å². The molecule has 3 aromatic carbocycles. The van der Waals surface area contributed by atoms with Crippen molar-refractivity contribution in [2.24, 2.45) is 0 Å². The van der Waals surface area contributed by atoms with Crippen molar-refractivity contribution in [1.82, 2.24) is 4.31 Å². The summed E-state index contributed by atoms with van der Waals surface area (Å²) < 4.78 is 60.3. The van der Waals surface area contributed by atoms with Gasteiger partial charge in [-0.25, -0.2) is 16.8 Å². The number of nitrogens with zero attached hydrogens (tertiary/aromatic N) is 1. The number of carbonyl (C=O) groups excluding carboxylic acids is 1. The largest absolute Gasteiger partial charge is 0.379 e. The standard InChI is InChI=1S/C24H24ClN3O6S2/c1-17-6-9-20(36(32,33)28-12-14-34-15-13-28)16-21(17)24(29)26-18-7-10-19(11-8-18)35(30,31)27-23-5-3-2-4-22(23)25/h2-11,16,27H,12-15H2,1H3,(H,26,29). The highest BCUT2D eigenvalue weighted by Gasteiger charge is 2.27. The summed E-state index contributed by atoms with van der Waals surface area (Å²) in [4.78, 5) is 13.0. The molecule has 1 aliphatic heterocycles. The zero-order valence-electron chi connectivity index (χ0n) is 19.3. The molecule has 1 fully saturated rings. The van der Waals surface area contributed by atoms with Gasteiger partial charge in [-0.1, -0.05) is 29.8 Å². The van der Waals surface area contributed by atoms with Crippen molar-refractivity contribution >= 4 is 48.9 Å². The molecule has 190 valence electrons. The van der Waals surface area contributed by atoms with Crippen LogP contribution in [0.4, 0.5) is 11.4 Å². The van der Waals surface area contributed by atoms with Crippen LogP contribution < -0.4 is 10.0 Å². The quantitative estimate of drug-likeness (QED) is 0.463. The molecule has 0 bridgehead atoms. The first-order chi connectivity index (χ1) is 17.1. The van der Waals surface area contributed by atoms with Crippen molar-refractivity contribution in [3.8, 4) is 0 Å². The molecule has 0 aliphatic carbocycles. The Balaban J connectivity index is 1.51. The van der Waals surface area contributed by atoms with Gasteiger partial charge in [-0.3, -0.25) is 9.52 Å². The Labute approximate surface area is 215 Å². The van der Waals surface area contributed by atoms with Gasteiger partial charge < -0.3 is 10.1 Å². The summed E-state index contributed by atoms with van der Waals surface area (Å²) in [7, 11) is -7.67.